The Hall–Kier alpha value is -4.62. The Morgan fingerprint density at radius 3 is 2.40 bits per heavy atom. The van der Waals surface area contributed by atoms with Gasteiger partial charge in [-0.1, -0.05) is 29.8 Å². The number of nitrogens with two attached hydrogens (primary N) is 2. The molecule has 0 atom stereocenters. The first-order valence-electron chi connectivity index (χ1n) is 8.51. The highest BCUT2D eigenvalue weighted by Crippen LogP contribution is 2.25. The van der Waals surface area contributed by atoms with E-state index in [0.717, 1.165) is 11.1 Å². The van der Waals surface area contributed by atoms with Gasteiger partial charge in [-0.2, -0.15) is 5.10 Å². The van der Waals surface area contributed by atoms with Crippen LogP contribution in [0.25, 0.3) is 23.0 Å². The van der Waals surface area contributed by atoms with Gasteiger partial charge in [0.2, 0.25) is 5.82 Å². The lowest BCUT2D eigenvalue weighted by atomic mass is 10.2. The third kappa shape index (κ3) is 3.82. The Labute approximate surface area is 167 Å². The summed E-state index contributed by atoms with van der Waals surface area (Å²) < 4.78 is 10.4. The minimum Gasteiger partial charge on any atom is -0.379 e. The van der Waals surface area contributed by atoms with E-state index in [1.54, 1.807) is 0 Å². The first kappa shape index (κ1) is 18.7. The van der Waals surface area contributed by atoms with Crippen molar-refractivity contribution in [1.82, 2.24) is 40.8 Å². The van der Waals surface area contributed by atoms with Crippen LogP contribution in [0.4, 0.5) is 11.6 Å². The fourth-order valence-corrected chi connectivity index (χ4v) is 2.43. The summed E-state index contributed by atoms with van der Waals surface area (Å²) in [6, 6.07) is 7.63. The predicted molar refractivity (Wildman–Crippen MR) is 102 cm³/mol. The van der Waals surface area contributed by atoms with E-state index in [2.05, 4.69) is 50.5 Å². The van der Waals surface area contributed by atoms with Crippen molar-refractivity contribution in [2.24, 2.45) is 5.10 Å². The van der Waals surface area contributed by atoms with Gasteiger partial charge in [-0.25, -0.2) is 24.3 Å². The van der Waals surface area contributed by atoms with Crippen molar-refractivity contribution < 1.29 is 14.1 Å². The standard InChI is InChI=1S/C16H15N11O3/c1-8-2-4-9(5-3-8)6-19-21-10(28)7-27-16(12-14(18)26-30-24-12)20-15(22-27)11-13(17)25-29-23-11/h2-6H,7H2,1H3,(H2,17,25)(H2,18,26)(H,21,28)/b19-6+. The SMILES string of the molecule is Cc1ccc(/C=N/NC(=O)Cn2nc(-c3nonc3N)nc2-c2nonc2N)cc1. The van der Waals surface area contributed by atoms with Gasteiger partial charge in [-0.3, -0.25) is 4.79 Å². The van der Waals surface area contributed by atoms with Gasteiger partial charge >= 0.3 is 0 Å². The molecule has 14 nitrogen and oxygen atoms in total. The largest absolute Gasteiger partial charge is 0.379 e. The van der Waals surface area contributed by atoms with Crippen molar-refractivity contribution in [1.29, 1.82) is 0 Å². The van der Waals surface area contributed by atoms with E-state index in [-0.39, 0.29) is 41.2 Å². The molecule has 0 fully saturated rings. The number of hydrazone groups is 1. The normalized spacial score (nSPS) is 11.2. The lowest BCUT2D eigenvalue weighted by Gasteiger charge is -2.03. The molecule has 0 saturated heterocycles. The van der Waals surface area contributed by atoms with Gasteiger partial charge in [-0.15, -0.1) is 5.10 Å². The molecule has 1 aromatic carbocycles. The second kappa shape index (κ2) is 7.78. The maximum Gasteiger partial charge on any atom is 0.261 e. The van der Waals surface area contributed by atoms with E-state index in [0.29, 0.717) is 0 Å². The Kier molecular flexibility index (Phi) is 4.86. The summed E-state index contributed by atoms with van der Waals surface area (Å²) in [6.07, 6.45) is 1.52. The van der Waals surface area contributed by atoms with Gasteiger partial charge in [0.05, 0.1) is 6.21 Å². The predicted octanol–water partition coefficient (Wildman–Crippen LogP) is 0.00122. The van der Waals surface area contributed by atoms with Crippen LogP contribution in [0.5, 0.6) is 0 Å². The molecule has 4 rings (SSSR count). The van der Waals surface area contributed by atoms with E-state index in [1.165, 1.54) is 10.9 Å². The van der Waals surface area contributed by atoms with Gasteiger partial charge in [-0.05, 0) is 33.1 Å². The average molecular weight is 409 g/mol. The Morgan fingerprint density at radius 1 is 1.10 bits per heavy atom. The third-order valence-electron chi connectivity index (χ3n) is 3.90. The number of carbonyl (C=O) groups is 1. The number of nitrogens with one attached hydrogen (secondary N) is 1. The topological polar surface area (TPSA) is 202 Å². The van der Waals surface area contributed by atoms with Crippen LogP contribution in [-0.4, -0.2) is 47.5 Å². The zero-order valence-electron chi connectivity index (χ0n) is 15.6. The van der Waals surface area contributed by atoms with Crippen molar-refractivity contribution in [2.75, 3.05) is 11.5 Å². The molecule has 1 amide bonds. The van der Waals surface area contributed by atoms with Gasteiger partial charge in [0.25, 0.3) is 5.91 Å². The van der Waals surface area contributed by atoms with Crippen LogP contribution in [0, 0.1) is 6.92 Å². The van der Waals surface area contributed by atoms with Crippen LogP contribution in [0.3, 0.4) is 0 Å². The maximum atomic E-state index is 12.4. The van der Waals surface area contributed by atoms with E-state index < -0.39 is 5.91 Å². The number of hydrogen-bond donors (Lipinski definition) is 3. The first-order chi connectivity index (χ1) is 14.5. The Morgan fingerprint density at radius 2 is 1.77 bits per heavy atom. The van der Waals surface area contributed by atoms with Gasteiger partial charge in [0.15, 0.2) is 28.8 Å². The molecule has 4 aromatic rings. The highest BCUT2D eigenvalue weighted by Gasteiger charge is 2.24. The lowest BCUT2D eigenvalue weighted by Crippen LogP contribution is -2.24. The fourth-order valence-electron chi connectivity index (χ4n) is 2.43. The molecule has 30 heavy (non-hydrogen) atoms. The van der Waals surface area contributed by atoms with Gasteiger partial charge in [0, 0.05) is 0 Å². The Balaban J connectivity index is 1.55. The molecule has 0 saturated carbocycles. The molecule has 0 radical (unpaired) electrons. The number of carbonyl (C=O) groups excluding carboxylic acids is 1. The van der Waals surface area contributed by atoms with Crippen LogP contribution >= 0.6 is 0 Å². The third-order valence-corrected chi connectivity index (χ3v) is 3.90. The van der Waals surface area contributed by atoms with Gasteiger partial charge in [0.1, 0.15) is 6.54 Å². The van der Waals surface area contributed by atoms with E-state index >= 15 is 0 Å². The minimum atomic E-state index is -0.475. The molecule has 3 aromatic heterocycles. The second-order valence-electron chi connectivity index (χ2n) is 6.12. The monoisotopic (exact) mass is 409 g/mol. The number of nitrogens with zero attached hydrogens (tertiary/aromatic N) is 8. The van der Waals surface area contributed by atoms with Crippen molar-refractivity contribution in [3.8, 4) is 23.0 Å². The summed E-state index contributed by atoms with van der Waals surface area (Å²) in [5.74, 6) is -0.348. The summed E-state index contributed by atoms with van der Waals surface area (Å²) in [7, 11) is 0. The molecule has 3 heterocycles. The number of anilines is 2. The molecule has 14 heteroatoms. The number of aromatic nitrogens is 7. The number of hydrogen-bond acceptors (Lipinski definition) is 12. The molecule has 0 aliphatic heterocycles. The molecule has 152 valence electrons. The molecular weight excluding hydrogens is 394 g/mol. The average Bonchev–Trinajstić information content (AvgIpc) is 3.43. The molecule has 0 spiro atoms. The van der Waals surface area contributed by atoms with Crippen LogP contribution in [0.15, 0.2) is 38.6 Å². The van der Waals surface area contributed by atoms with Crippen LogP contribution < -0.4 is 16.9 Å². The maximum absolute atomic E-state index is 12.4. The molecule has 0 aliphatic rings. The smallest absolute Gasteiger partial charge is 0.261 e. The number of nitrogen functional groups attached to an aromatic ring is 2. The molecule has 5 N–H and O–H groups in total. The number of benzene rings is 1. The van der Waals surface area contributed by atoms with Crippen LogP contribution in [-0.2, 0) is 11.3 Å². The molecular formula is C16H15N11O3. The van der Waals surface area contributed by atoms with E-state index in [1.807, 2.05) is 31.2 Å². The summed E-state index contributed by atoms with van der Waals surface area (Å²) in [5.41, 5.74) is 16.0. The fraction of sp³-hybridized carbons (Fsp3) is 0.125. The summed E-state index contributed by atoms with van der Waals surface area (Å²) in [6.45, 7) is 1.72. The zero-order valence-corrected chi connectivity index (χ0v) is 15.6. The highest BCUT2D eigenvalue weighted by molar-refractivity contribution is 5.82. The zero-order chi connectivity index (χ0) is 21.1. The first-order valence-corrected chi connectivity index (χ1v) is 8.51. The van der Waals surface area contributed by atoms with Crippen molar-refractivity contribution in [3.05, 3.63) is 35.4 Å². The number of rotatable bonds is 6. The van der Waals surface area contributed by atoms with Crippen molar-refractivity contribution in [2.45, 2.75) is 13.5 Å². The van der Waals surface area contributed by atoms with Crippen LogP contribution in [0.1, 0.15) is 11.1 Å². The van der Waals surface area contributed by atoms with Crippen LogP contribution in [0.2, 0.25) is 0 Å². The molecule has 0 aliphatic carbocycles. The van der Waals surface area contributed by atoms with Crippen molar-refractivity contribution in [3.63, 3.8) is 0 Å². The summed E-state index contributed by atoms with van der Waals surface area (Å²) in [4.78, 5) is 16.6. The Bertz CT molecular complexity index is 1210. The summed E-state index contributed by atoms with van der Waals surface area (Å²) in [5, 5.41) is 22.5. The van der Waals surface area contributed by atoms with Gasteiger partial charge < -0.3 is 11.5 Å². The highest BCUT2D eigenvalue weighted by atomic mass is 16.6. The molecule has 0 bridgehead atoms. The second-order valence-corrected chi connectivity index (χ2v) is 6.12. The minimum absolute atomic E-state index is 0.0166. The number of amides is 1. The quantitative estimate of drug-likeness (QED) is 0.285. The molecule has 0 unspecified atom stereocenters. The van der Waals surface area contributed by atoms with E-state index in [4.69, 9.17) is 11.5 Å². The number of aryl methyl sites for hydroxylation is 1. The lowest BCUT2D eigenvalue weighted by molar-refractivity contribution is -0.121. The van der Waals surface area contributed by atoms with Crippen molar-refractivity contribution >= 4 is 23.8 Å². The van der Waals surface area contributed by atoms with E-state index in [9.17, 15) is 4.79 Å². The summed E-state index contributed by atoms with van der Waals surface area (Å²) >= 11 is 0.